The Morgan fingerprint density at radius 1 is 1.47 bits per heavy atom. The highest BCUT2D eigenvalue weighted by Gasteiger charge is 2.10. The van der Waals surface area contributed by atoms with E-state index in [2.05, 4.69) is 4.37 Å². The predicted molar refractivity (Wildman–Crippen MR) is 52.7 cm³/mol. The highest BCUT2D eigenvalue weighted by Crippen LogP contribution is 2.21. The Bertz CT molecular complexity index is 560. The summed E-state index contributed by atoms with van der Waals surface area (Å²) in [4.78, 5) is 20.2. The van der Waals surface area contributed by atoms with Crippen molar-refractivity contribution in [2.45, 2.75) is 0 Å². The molecule has 0 saturated heterocycles. The quantitative estimate of drug-likeness (QED) is 0.572. The van der Waals surface area contributed by atoms with E-state index in [1.54, 1.807) is 6.07 Å². The maximum Gasteiger partial charge on any atom is 0.414 e. The van der Waals surface area contributed by atoms with Crippen molar-refractivity contribution in [2.24, 2.45) is 0 Å². The lowest BCUT2D eigenvalue weighted by molar-refractivity contribution is -0.384. The number of rotatable bonds is 2. The summed E-state index contributed by atoms with van der Waals surface area (Å²) in [5.41, 5.74) is 0.352. The summed E-state index contributed by atoms with van der Waals surface area (Å²) < 4.78 is 8.46. The van der Waals surface area contributed by atoms with E-state index >= 15 is 0 Å². The molecule has 0 aliphatic heterocycles. The Morgan fingerprint density at radius 2 is 2.27 bits per heavy atom. The highest BCUT2D eigenvalue weighted by molar-refractivity contribution is 7.02. The number of hydrogen-bond acceptors (Lipinski definition) is 6. The minimum atomic E-state index is -0.531. The van der Waals surface area contributed by atoms with Crippen LogP contribution < -0.4 is 4.94 Å². The first-order valence-corrected chi connectivity index (χ1v) is 4.66. The van der Waals surface area contributed by atoms with E-state index < -0.39 is 9.86 Å². The average molecular weight is 224 g/mol. The van der Waals surface area contributed by atoms with Gasteiger partial charge in [-0.1, -0.05) is 6.07 Å². The standard InChI is InChI=1S/C8H4N2O4S/c11-8-14-7(9-15-8)5-2-1-3-6(4-5)10(12)13/h1-4H. The predicted octanol–water partition coefficient (Wildman–Crippen LogP) is 1.67. The van der Waals surface area contributed by atoms with Crippen LogP contribution in [0.5, 0.6) is 0 Å². The zero-order valence-electron chi connectivity index (χ0n) is 7.25. The lowest BCUT2D eigenvalue weighted by Gasteiger charge is -1.93. The first kappa shape index (κ1) is 9.53. The SMILES string of the molecule is O=c1oc(-c2cccc([N+](=O)[O-])c2)ns1. The van der Waals surface area contributed by atoms with Crippen LogP contribution in [0, 0.1) is 10.1 Å². The Hall–Kier alpha value is -2.02. The van der Waals surface area contributed by atoms with Crippen LogP contribution in [0.15, 0.2) is 33.5 Å². The van der Waals surface area contributed by atoms with Gasteiger partial charge in [0.15, 0.2) is 0 Å². The van der Waals surface area contributed by atoms with E-state index in [1.807, 2.05) is 0 Å². The molecular formula is C8H4N2O4S. The van der Waals surface area contributed by atoms with Gasteiger partial charge in [-0.2, -0.15) is 0 Å². The number of nitro groups is 1. The lowest BCUT2D eigenvalue weighted by Crippen LogP contribution is -1.88. The zero-order valence-corrected chi connectivity index (χ0v) is 8.06. The fraction of sp³-hybridized carbons (Fsp3) is 0. The van der Waals surface area contributed by atoms with Crippen molar-refractivity contribution < 1.29 is 9.34 Å². The Labute approximate surface area is 87.1 Å². The van der Waals surface area contributed by atoms with Gasteiger partial charge in [-0.3, -0.25) is 10.1 Å². The van der Waals surface area contributed by atoms with E-state index in [1.165, 1.54) is 18.2 Å². The van der Waals surface area contributed by atoms with Gasteiger partial charge in [0, 0.05) is 17.7 Å². The average Bonchev–Trinajstić information content (AvgIpc) is 2.65. The van der Waals surface area contributed by atoms with Crippen molar-refractivity contribution in [3.63, 3.8) is 0 Å². The smallest absolute Gasteiger partial charge is 0.394 e. The molecule has 0 bridgehead atoms. The second kappa shape index (κ2) is 3.62. The number of nitrogens with zero attached hydrogens (tertiary/aromatic N) is 2. The van der Waals surface area contributed by atoms with E-state index in [0.717, 1.165) is 0 Å². The van der Waals surface area contributed by atoms with Crippen molar-refractivity contribution in [1.29, 1.82) is 0 Å². The molecule has 0 aliphatic rings. The Kier molecular flexibility index (Phi) is 2.30. The van der Waals surface area contributed by atoms with Gasteiger partial charge in [-0.05, 0) is 6.07 Å². The number of aromatic nitrogens is 1. The van der Waals surface area contributed by atoms with Crippen molar-refractivity contribution in [3.05, 3.63) is 44.1 Å². The van der Waals surface area contributed by atoms with Crippen LogP contribution in [0.3, 0.4) is 0 Å². The van der Waals surface area contributed by atoms with Gasteiger partial charge in [-0.15, -0.1) is 4.37 Å². The molecule has 1 aromatic heterocycles. The van der Waals surface area contributed by atoms with Crippen molar-refractivity contribution in [3.8, 4) is 11.5 Å². The zero-order chi connectivity index (χ0) is 10.8. The Morgan fingerprint density at radius 3 is 2.87 bits per heavy atom. The summed E-state index contributed by atoms with van der Waals surface area (Å²) in [6.07, 6.45) is 0. The molecule has 0 radical (unpaired) electrons. The molecule has 2 rings (SSSR count). The molecule has 1 heterocycles. The third kappa shape index (κ3) is 1.91. The molecule has 2 aromatic rings. The van der Waals surface area contributed by atoms with Gasteiger partial charge in [0.05, 0.1) is 16.5 Å². The van der Waals surface area contributed by atoms with Gasteiger partial charge in [0.2, 0.25) is 5.89 Å². The van der Waals surface area contributed by atoms with Crippen LogP contribution in [-0.4, -0.2) is 9.30 Å². The highest BCUT2D eigenvalue weighted by atomic mass is 32.1. The molecule has 15 heavy (non-hydrogen) atoms. The normalized spacial score (nSPS) is 10.1. The number of benzene rings is 1. The molecule has 0 atom stereocenters. The van der Waals surface area contributed by atoms with Gasteiger partial charge in [0.25, 0.3) is 5.69 Å². The second-order valence-electron chi connectivity index (χ2n) is 2.65. The van der Waals surface area contributed by atoms with Crippen molar-refractivity contribution in [1.82, 2.24) is 4.37 Å². The van der Waals surface area contributed by atoms with E-state index in [4.69, 9.17) is 4.42 Å². The van der Waals surface area contributed by atoms with Crippen LogP contribution in [0.2, 0.25) is 0 Å². The van der Waals surface area contributed by atoms with Gasteiger partial charge >= 0.3 is 4.94 Å². The Balaban J connectivity index is 2.49. The minimum Gasteiger partial charge on any atom is -0.394 e. The molecule has 0 unspecified atom stereocenters. The number of non-ortho nitro benzene ring substituents is 1. The maximum absolute atomic E-state index is 10.7. The molecule has 6 nitrogen and oxygen atoms in total. The van der Waals surface area contributed by atoms with Gasteiger partial charge < -0.3 is 4.42 Å². The molecule has 0 fully saturated rings. The first-order valence-electron chi connectivity index (χ1n) is 3.88. The summed E-state index contributed by atoms with van der Waals surface area (Å²) in [5, 5.41) is 10.5. The molecule has 7 heteroatoms. The van der Waals surface area contributed by atoms with Crippen LogP contribution in [0.25, 0.3) is 11.5 Å². The van der Waals surface area contributed by atoms with Crippen LogP contribution >= 0.6 is 11.5 Å². The summed E-state index contributed by atoms with van der Waals surface area (Å²) in [7, 11) is 0. The molecule has 0 N–H and O–H groups in total. The molecule has 76 valence electrons. The monoisotopic (exact) mass is 224 g/mol. The summed E-state index contributed by atoms with van der Waals surface area (Å²) >= 11 is 0.671. The fourth-order valence-corrected chi connectivity index (χ4v) is 1.48. The first-order chi connectivity index (χ1) is 7.16. The van der Waals surface area contributed by atoms with Gasteiger partial charge in [0.1, 0.15) is 0 Å². The molecule has 0 aliphatic carbocycles. The lowest BCUT2D eigenvalue weighted by atomic mass is 10.2. The third-order valence-corrected chi connectivity index (χ3v) is 2.18. The summed E-state index contributed by atoms with van der Waals surface area (Å²) in [6.45, 7) is 0. The van der Waals surface area contributed by atoms with Gasteiger partial charge in [-0.25, -0.2) is 4.79 Å². The van der Waals surface area contributed by atoms with E-state index in [-0.39, 0.29) is 11.6 Å². The minimum absolute atomic E-state index is 0.0665. The fourth-order valence-electron chi connectivity index (χ4n) is 1.06. The summed E-state index contributed by atoms with van der Waals surface area (Å²) in [5.74, 6) is 0.105. The topological polar surface area (TPSA) is 86.2 Å². The van der Waals surface area contributed by atoms with E-state index in [0.29, 0.717) is 17.1 Å². The second-order valence-corrected chi connectivity index (χ2v) is 3.35. The van der Waals surface area contributed by atoms with E-state index in [9.17, 15) is 14.9 Å². The molecule has 0 spiro atoms. The number of nitro benzene ring substituents is 1. The largest absolute Gasteiger partial charge is 0.414 e. The van der Waals surface area contributed by atoms with Crippen LogP contribution in [0.4, 0.5) is 5.69 Å². The maximum atomic E-state index is 10.7. The molecule has 1 aromatic carbocycles. The molecule has 0 amide bonds. The molecule has 0 saturated carbocycles. The van der Waals surface area contributed by atoms with Crippen molar-refractivity contribution >= 4 is 17.2 Å². The van der Waals surface area contributed by atoms with Crippen LogP contribution in [0.1, 0.15) is 0 Å². The third-order valence-electron chi connectivity index (χ3n) is 1.69. The summed E-state index contributed by atoms with van der Waals surface area (Å²) in [6, 6.07) is 5.75. The molecular weight excluding hydrogens is 220 g/mol. The van der Waals surface area contributed by atoms with Crippen LogP contribution in [-0.2, 0) is 0 Å². The van der Waals surface area contributed by atoms with Crippen molar-refractivity contribution in [2.75, 3.05) is 0 Å². The number of hydrogen-bond donors (Lipinski definition) is 0.